The van der Waals surface area contributed by atoms with Crippen molar-refractivity contribution >= 4 is 23.2 Å². The van der Waals surface area contributed by atoms with Crippen molar-refractivity contribution in [3.05, 3.63) is 87.4 Å². The summed E-state index contributed by atoms with van der Waals surface area (Å²) in [6, 6.07) is 14.7. The largest absolute Gasteiger partial charge is 0.310 e. The number of benzene rings is 2. The Morgan fingerprint density at radius 1 is 0.958 bits per heavy atom. The van der Waals surface area contributed by atoms with Gasteiger partial charge in [-0.2, -0.15) is 0 Å². The maximum atomic E-state index is 6.50. The van der Waals surface area contributed by atoms with Crippen LogP contribution in [0.3, 0.4) is 0 Å². The van der Waals surface area contributed by atoms with Gasteiger partial charge in [-0.3, -0.25) is 0 Å². The molecule has 0 fully saturated rings. The number of rotatable bonds is 3. The highest BCUT2D eigenvalue weighted by molar-refractivity contribution is 6.31. The summed E-state index contributed by atoms with van der Waals surface area (Å²) in [7, 11) is 0. The van der Waals surface area contributed by atoms with Gasteiger partial charge in [-0.1, -0.05) is 48.0 Å². The smallest absolute Gasteiger partial charge is 0.203 e. The lowest BCUT2D eigenvalue weighted by Gasteiger charge is -2.24. The van der Waals surface area contributed by atoms with E-state index in [9.17, 15) is 0 Å². The first-order valence-corrected chi connectivity index (χ1v) is 9.04. The zero-order valence-electron chi connectivity index (χ0n) is 13.3. The third-order valence-corrected chi connectivity index (χ3v) is 5.42. The van der Waals surface area contributed by atoms with Gasteiger partial charge in [-0.05, 0) is 65.6 Å². The van der Waals surface area contributed by atoms with Crippen molar-refractivity contribution in [1.29, 1.82) is 0 Å². The first-order chi connectivity index (χ1) is 11.7. The van der Waals surface area contributed by atoms with Crippen molar-refractivity contribution in [2.45, 2.75) is 31.7 Å². The second-order valence-electron chi connectivity index (χ2n) is 6.26. The number of halogens is 2. The van der Waals surface area contributed by atoms with Crippen molar-refractivity contribution < 1.29 is 0 Å². The summed E-state index contributed by atoms with van der Waals surface area (Å²) in [6.07, 6.45) is 8.52. The molecule has 1 heterocycles. The van der Waals surface area contributed by atoms with Gasteiger partial charge in [0.2, 0.25) is 5.28 Å². The minimum absolute atomic E-state index is 0.0686. The number of hydrogen-bond donors (Lipinski definition) is 0. The van der Waals surface area contributed by atoms with E-state index in [4.69, 9.17) is 23.2 Å². The Labute approximate surface area is 152 Å². The molecule has 3 aromatic rings. The number of fused-ring (bicyclic) bond motifs is 1. The quantitative estimate of drug-likeness (QED) is 0.587. The van der Waals surface area contributed by atoms with Gasteiger partial charge in [-0.15, -0.1) is 0 Å². The third kappa shape index (κ3) is 2.85. The molecule has 4 heteroatoms. The average Bonchev–Trinajstić information content (AvgIpc) is 3.03. The summed E-state index contributed by atoms with van der Waals surface area (Å²) in [6.45, 7) is 0. The Morgan fingerprint density at radius 2 is 1.75 bits per heavy atom. The van der Waals surface area contributed by atoms with Crippen LogP contribution in [0.2, 0.25) is 10.3 Å². The molecule has 0 radical (unpaired) electrons. The van der Waals surface area contributed by atoms with Gasteiger partial charge in [0.05, 0.1) is 6.04 Å². The van der Waals surface area contributed by atoms with E-state index in [0.717, 1.165) is 17.0 Å². The van der Waals surface area contributed by atoms with Crippen LogP contribution >= 0.6 is 23.2 Å². The van der Waals surface area contributed by atoms with Crippen LogP contribution in [0.4, 0.5) is 0 Å². The number of aryl methyl sites for hydroxylation is 2. The molecular weight excluding hydrogens is 339 g/mol. The fourth-order valence-electron chi connectivity index (χ4n) is 3.60. The van der Waals surface area contributed by atoms with Gasteiger partial charge in [0, 0.05) is 17.4 Å². The van der Waals surface area contributed by atoms with Crippen LogP contribution in [0.5, 0.6) is 0 Å². The molecule has 4 rings (SSSR count). The molecule has 0 saturated heterocycles. The molecule has 1 aromatic heterocycles. The van der Waals surface area contributed by atoms with Gasteiger partial charge in [0.15, 0.2) is 0 Å². The molecule has 2 nitrogen and oxygen atoms in total. The lowest BCUT2D eigenvalue weighted by molar-refractivity contribution is 0.661. The van der Waals surface area contributed by atoms with Crippen molar-refractivity contribution in [1.82, 2.24) is 9.55 Å². The second-order valence-corrected chi connectivity index (χ2v) is 7.01. The van der Waals surface area contributed by atoms with E-state index in [2.05, 4.69) is 29.2 Å². The molecule has 0 spiro atoms. The van der Waals surface area contributed by atoms with E-state index in [1.54, 1.807) is 6.20 Å². The standard InChI is InChI=1S/C20H18Cl2N2/c21-18-8-4-3-7-17(18)19(24-12-11-23-20(24)22)16-10-9-14-5-1-2-6-15(14)13-16/h3-4,7-13,19H,1-2,5-6H2. The normalized spacial score (nSPS) is 15.1. The number of hydrogen-bond acceptors (Lipinski definition) is 1. The number of aromatic nitrogens is 2. The van der Waals surface area contributed by atoms with Gasteiger partial charge < -0.3 is 4.57 Å². The Kier molecular flexibility index (Phi) is 4.34. The van der Waals surface area contributed by atoms with E-state index in [1.165, 1.54) is 36.0 Å². The first-order valence-electron chi connectivity index (χ1n) is 8.28. The predicted octanol–water partition coefficient (Wildman–Crippen LogP) is 5.71. The zero-order chi connectivity index (χ0) is 16.5. The molecule has 1 atom stereocenters. The number of imidazole rings is 1. The van der Waals surface area contributed by atoms with E-state index in [1.807, 2.05) is 29.0 Å². The van der Waals surface area contributed by atoms with Crippen LogP contribution in [0.1, 0.15) is 41.1 Å². The van der Waals surface area contributed by atoms with Gasteiger partial charge >= 0.3 is 0 Å². The number of nitrogens with zero attached hydrogens (tertiary/aromatic N) is 2. The minimum Gasteiger partial charge on any atom is -0.310 e. The Balaban J connectivity index is 1.88. The Hall–Kier alpha value is -1.77. The van der Waals surface area contributed by atoms with Gasteiger partial charge in [0.1, 0.15) is 0 Å². The molecule has 0 aliphatic heterocycles. The molecule has 1 aliphatic rings. The van der Waals surface area contributed by atoms with Crippen molar-refractivity contribution in [2.75, 3.05) is 0 Å². The zero-order valence-corrected chi connectivity index (χ0v) is 14.8. The van der Waals surface area contributed by atoms with Crippen LogP contribution in [-0.4, -0.2) is 9.55 Å². The molecule has 0 amide bonds. The molecule has 1 aliphatic carbocycles. The van der Waals surface area contributed by atoms with E-state index >= 15 is 0 Å². The van der Waals surface area contributed by atoms with Crippen LogP contribution < -0.4 is 0 Å². The molecule has 1 unspecified atom stereocenters. The second kappa shape index (κ2) is 6.62. The molecule has 0 N–H and O–H groups in total. The monoisotopic (exact) mass is 356 g/mol. The molecule has 24 heavy (non-hydrogen) atoms. The fourth-order valence-corrected chi connectivity index (χ4v) is 4.05. The SMILES string of the molecule is Clc1ccccc1C(c1ccc2c(c1)CCCC2)n1ccnc1Cl. The summed E-state index contributed by atoms with van der Waals surface area (Å²) in [5.74, 6) is 0. The molecule has 2 aromatic carbocycles. The summed E-state index contributed by atoms with van der Waals surface area (Å²) in [5.41, 5.74) is 5.16. The predicted molar refractivity (Wildman–Crippen MR) is 99.0 cm³/mol. The average molecular weight is 357 g/mol. The first kappa shape index (κ1) is 15.7. The van der Waals surface area contributed by atoms with Crippen molar-refractivity contribution in [2.24, 2.45) is 0 Å². The lowest BCUT2D eigenvalue weighted by Crippen LogP contribution is -2.14. The molecule has 122 valence electrons. The third-order valence-electron chi connectivity index (χ3n) is 4.79. The summed E-state index contributed by atoms with van der Waals surface area (Å²) in [5, 5.41) is 1.21. The van der Waals surface area contributed by atoms with Gasteiger partial charge in [0.25, 0.3) is 0 Å². The highest BCUT2D eigenvalue weighted by Gasteiger charge is 2.22. The molecule has 0 saturated carbocycles. The highest BCUT2D eigenvalue weighted by Crippen LogP contribution is 2.35. The minimum atomic E-state index is -0.0686. The van der Waals surface area contributed by atoms with E-state index in [-0.39, 0.29) is 6.04 Å². The van der Waals surface area contributed by atoms with E-state index < -0.39 is 0 Å². The lowest BCUT2D eigenvalue weighted by atomic mass is 9.88. The maximum absolute atomic E-state index is 6.50. The van der Waals surface area contributed by atoms with Crippen LogP contribution in [0.25, 0.3) is 0 Å². The maximum Gasteiger partial charge on any atom is 0.203 e. The van der Waals surface area contributed by atoms with E-state index in [0.29, 0.717) is 5.28 Å². The molecule has 0 bridgehead atoms. The van der Waals surface area contributed by atoms with Crippen LogP contribution in [-0.2, 0) is 12.8 Å². The highest BCUT2D eigenvalue weighted by atomic mass is 35.5. The van der Waals surface area contributed by atoms with Gasteiger partial charge in [-0.25, -0.2) is 4.98 Å². The fraction of sp³-hybridized carbons (Fsp3) is 0.250. The summed E-state index contributed by atoms with van der Waals surface area (Å²) < 4.78 is 1.98. The topological polar surface area (TPSA) is 17.8 Å². The summed E-state index contributed by atoms with van der Waals surface area (Å²) in [4.78, 5) is 4.19. The Bertz CT molecular complexity index is 870. The molecular formula is C20H18Cl2N2. The Morgan fingerprint density at radius 3 is 2.50 bits per heavy atom. The van der Waals surface area contributed by atoms with Crippen LogP contribution in [0.15, 0.2) is 54.9 Å². The summed E-state index contributed by atoms with van der Waals surface area (Å²) >= 11 is 12.8. The van der Waals surface area contributed by atoms with Crippen molar-refractivity contribution in [3.63, 3.8) is 0 Å². The van der Waals surface area contributed by atoms with Crippen molar-refractivity contribution in [3.8, 4) is 0 Å². The van der Waals surface area contributed by atoms with Crippen LogP contribution in [0, 0.1) is 0 Å².